The largest absolute Gasteiger partial charge is 0.496 e. The van der Waals surface area contributed by atoms with Crippen molar-refractivity contribution in [2.75, 3.05) is 46.9 Å². The Bertz CT molecular complexity index is 454. The van der Waals surface area contributed by atoms with Gasteiger partial charge in [0.1, 0.15) is 11.5 Å². The van der Waals surface area contributed by atoms with Crippen molar-refractivity contribution in [1.82, 2.24) is 10.2 Å². The molecule has 0 spiro atoms. The molecule has 0 saturated carbocycles. The van der Waals surface area contributed by atoms with Crippen molar-refractivity contribution >= 4 is 0 Å². The molecule has 0 bridgehead atoms. The summed E-state index contributed by atoms with van der Waals surface area (Å²) in [6.45, 7) is 9.70. The standard InChI is InChI=1S/C16H26N2O2/c1-12-13(2)16(20-4)14(11-15(12)19-3)5-8-18-9-6-17-7-10-18/h11,17H,5-10H2,1-4H3. The number of hydrogen-bond acceptors (Lipinski definition) is 4. The van der Waals surface area contributed by atoms with E-state index < -0.39 is 0 Å². The van der Waals surface area contributed by atoms with Gasteiger partial charge in [-0.3, -0.25) is 0 Å². The first-order valence-corrected chi connectivity index (χ1v) is 7.31. The number of nitrogens with one attached hydrogen (secondary N) is 1. The fourth-order valence-corrected chi connectivity index (χ4v) is 2.82. The Balaban J connectivity index is 2.14. The molecular formula is C16H26N2O2. The van der Waals surface area contributed by atoms with Gasteiger partial charge in [-0.05, 0) is 43.0 Å². The molecule has 1 aliphatic rings. The van der Waals surface area contributed by atoms with E-state index in [-0.39, 0.29) is 0 Å². The molecule has 1 N–H and O–H groups in total. The Morgan fingerprint density at radius 1 is 1.10 bits per heavy atom. The fourth-order valence-electron chi connectivity index (χ4n) is 2.82. The lowest BCUT2D eigenvalue weighted by Gasteiger charge is -2.27. The van der Waals surface area contributed by atoms with E-state index in [2.05, 4.69) is 30.1 Å². The molecule has 4 nitrogen and oxygen atoms in total. The zero-order chi connectivity index (χ0) is 14.5. The lowest BCUT2D eigenvalue weighted by molar-refractivity contribution is 0.243. The number of methoxy groups -OCH3 is 2. The molecule has 1 aliphatic heterocycles. The monoisotopic (exact) mass is 278 g/mol. The highest BCUT2D eigenvalue weighted by atomic mass is 16.5. The Labute approximate surface area is 122 Å². The average molecular weight is 278 g/mol. The summed E-state index contributed by atoms with van der Waals surface area (Å²) in [6.07, 6.45) is 1.00. The van der Waals surface area contributed by atoms with Crippen LogP contribution in [0.1, 0.15) is 16.7 Å². The summed E-state index contributed by atoms with van der Waals surface area (Å²) in [6, 6.07) is 2.13. The summed E-state index contributed by atoms with van der Waals surface area (Å²) < 4.78 is 11.1. The smallest absolute Gasteiger partial charge is 0.125 e. The summed E-state index contributed by atoms with van der Waals surface area (Å²) >= 11 is 0. The topological polar surface area (TPSA) is 33.7 Å². The Morgan fingerprint density at radius 2 is 1.80 bits per heavy atom. The van der Waals surface area contributed by atoms with Gasteiger partial charge in [0, 0.05) is 32.7 Å². The quantitative estimate of drug-likeness (QED) is 0.890. The molecule has 2 rings (SSSR count). The van der Waals surface area contributed by atoms with Crippen molar-refractivity contribution in [3.05, 3.63) is 22.8 Å². The maximum Gasteiger partial charge on any atom is 0.125 e. The first-order valence-electron chi connectivity index (χ1n) is 7.31. The summed E-state index contributed by atoms with van der Waals surface area (Å²) in [5.41, 5.74) is 3.59. The van der Waals surface area contributed by atoms with Gasteiger partial charge in [0.2, 0.25) is 0 Å². The van der Waals surface area contributed by atoms with E-state index in [1.807, 2.05) is 0 Å². The number of ether oxygens (including phenoxy) is 2. The molecule has 112 valence electrons. The van der Waals surface area contributed by atoms with Crippen molar-refractivity contribution < 1.29 is 9.47 Å². The minimum Gasteiger partial charge on any atom is -0.496 e. The van der Waals surface area contributed by atoms with Crippen LogP contribution in [0.3, 0.4) is 0 Å². The van der Waals surface area contributed by atoms with Crippen LogP contribution < -0.4 is 14.8 Å². The van der Waals surface area contributed by atoms with Gasteiger partial charge < -0.3 is 19.7 Å². The third-order valence-electron chi connectivity index (χ3n) is 4.20. The molecule has 1 saturated heterocycles. The van der Waals surface area contributed by atoms with Crippen LogP contribution in [0, 0.1) is 13.8 Å². The van der Waals surface area contributed by atoms with Gasteiger partial charge in [-0.25, -0.2) is 0 Å². The molecular weight excluding hydrogens is 252 g/mol. The molecule has 0 aliphatic carbocycles. The number of piperazine rings is 1. The number of rotatable bonds is 5. The van der Waals surface area contributed by atoms with Crippen LogP contribution in [-0.4, -0.2) is 51.8 Å². The Morgan fingerprint density at radius 3 is 2.40 bits per heavy atom. The second-order valence-corrected chi connectivity index (χ2v) is 5.36. The normalized spacial score (nSPS) is 16.2. The molecule has 1 fully saturated rings. The Kier molecular flexibility index (Phi) is 5.26. The first kappa shape index (κ1) is 15.1. The highest BCUT2D eigenvalue weighted by Crippen LogP contribution is 2.33. The lowest BCUT2D eigenvalue weighted by atomic mass is 10.0. The van der Waals surface area contributed by atoms with Crippen molar-refractivity contribution in [1.29, 1.82) is 0 Å². The van der Waals surface area contributed by atoms with E-state index in [0.29, 0.717) is 0 Å². The van der Waals surface area contributed by atoms with Gasteiger partial charge in [0.25, 0.3) is 0 Å². The van der Waals surface area contributed by atoms with E-state index in [4.69, 9.17) is 9.47 Å². The van der Waals surface area contributed by atoms with Crippen LogP contribution in [0.15, 0.2) is 6.07 Å². The van der Waals surface area contributed by atoms with Crippen LogP contribution in [0.2, 0.25) is 0 Å². The Hall–Kier alpha value is -1.26. The van der Waals surface area contributed by atoms with E-state index in [1.165, 1.54) is 11.1 Å². The van der Waals surface area contributed by atoms with E-state index in [1.54, 1.807) is 14.2 Å². The average Bonchev–Trinajstić information content (AvgIpc) is 2.49. The van der Waals surface area contributed by atoms with Crippen molar-refractivity contribution in [2.45, 2.75) is 20.3 Å². The van der Waals surface area contributed by atoms with Crippen molar-refractivity contribution in [3.8, 4) is 11.5 Å². The maximum atomic E-state index is 5.61. The predicted molar refractivity (Wildman–Crippen MR) is 82.0 cm³/mol. The molecule has 1 aromatic carbocycles. The highest BCUT2D eigenvalue weighted by Gasteiger charge is 2.15. The van der Waals surface area contributed by atoms with Gasteiger partial charge in [-0.1, -0.05) is 0 Å². The molecule has 0 radical (unpaired) electrons. The van der Waals surface area contributed by atoms with Gasteiger partial charge in [0.15, 0.2) is 0 Å². The van der Waals surface area contributed by atoms with Gasteiger partial charge in [0.05, 0.1) is 14.2 Å². The molecule has 4 heteroatoms. The summed E-state index contributed by atoms with van der Waals surface area (Å²) in [4.78, 5) is 2.50. The molecule has 0 aromatic heterocycles. The van der Waals surface area contributed by atoms with Crippen LogP contribution >= 0.6 is 0 Å². The minimum atomic E-state index is 0.957. The molecule has 0 atom stereocenters. The highest BCUT2D eigenvalue weighted by molar-refractivity contribution is 5.52. The second kappa shape index (κ2) is 6.95. The lowest BCUT2D eigenvalue weighted by Crippen LogP contribution is -2.44. The minimum absolute atomic E-state index is 0.957. The number of benzene rings is 1. The molecule has 0 amide bonds. The van der Waals surface area contributed by atoms with Crippen LogP contribution in [0.4, 0.5) is 0 Å². The zero-order valence-electron chi connectivity index (χ0n) is 13.1. The molecule has 1 heterocycles. The van der Waals surface area contributed by atoms with E-state index in [0.717, 1.165) is 56.2 Å². The predicted octanol–water partition coefficient (Wildman–Crippen LogP) is 1.77. The molecule has 20 heavy (non-hydrogen) atoms. The van der Waals surface area contributed by atoms with Crippen molar-refractivity contribution in [3.63, 3.8) is 0 Å². The van der Waals surface area contributed by atoms with Gasteiger partial charge >= 0.3 is 0 Å². The SMILES string of the molecule is COc1cc(CCN2CCNCC2)c(OC)c(C)c1C. The molecule has 1 aromatic rings. The summed E-state index contributed by atoms with van der Waals surface area (Å²) in [5.74, 6) is 1.97. The molecule has 0 unspecified atom stereocenters. The number of hydrogen-bond donors (Lipinski definition) is 1. The van der Waals surface area contributed by atoms with Crippen LogP contribution in [-0.2, 0) is 6.42 Å². The maximum absolute atomic E-state index is 5.61. The summed E-state index contributed by atoms with van der Waals surface area (Å²) in [7, 11) is 3.48. The number of nitrogens with zero attached hydrogens (tertiary/aromatic N) is 1. The first-order chi connectivity index (χ1) is 9.67. The van der Waals surface area contributed by atoms with Gasteiger partial charge in [-0.2, -0.15) is 0 Å². The fraction of sp³-hybridized carbons (Fsp3) is 0.625. The zero-order valence-corrected chi connectivity index (χ0v) is 13.1. The van der Waals surface area contributed by atoms with Gasteiger partial charge in [-0.15, -0.1) is 0 Å². The third kappa shape index (κ3) is 3.25. The van der Waals surface area contributed by atoms with Crippen LogP contribution in [0.25, 0.3) is 0 Å². The third-order valence-corrected chi connectivity index (χ3v) is 4.20. The van der Waals surface area contributed by atoms with Crippen molar-refractivity contribution in [2.24, 2.45) is 0 Å². The van der Waals surface area contributed by atoms with E-state index in [9.17, 15) is 0 Å². The van der Waals surface area contributed by atoms with Crippen LogP contribution in [0.5, 0.6) is 11.5 Å². The summed E-state index contributed by atoms with van der Waals surface area (Å²) in [5, 5.41) is 3.38. The van der Waals surface area contributed by atoms with E-state index >= 15 is 0 Å². The second-order valence-electron chi connectivity index (χ2n) is 5.36.